The molecule has 1 N–H and O–H groups in total. The Morgan fingerprint density at radius 2 is 2.12 bits per heavy atom. The molecule has 2 aromatic rings. The third kappa shape index (κ3) is 3.79. The van der Waals surface area contributed by atoms with Crippen LogP contribution in [0.3, 0.4) is 0 Å². The van der Waals surface area contributed by atoms with Crippen LogP contribution in [0, 0.1) is 12.8 Å². The van der Waals surface area contributed by atoms with Gasteiger partial charge in [0.25, 0.3) is 0 Å². The highest BCUT2D eigenvalue weighted by Crippen LogP contribution is 2.21. The lowest BCUT2D eigenvalue weighted by Crippen LogP contribution is -2.48. The maximum absolute atomic E-state index is 12.7. The van der Waals surface area contributed by atoms with E-state index < -0.39 is 0 Å². The van der Waals surface area contributed by atoms with E-state index in [0.717, 1.165) is 41.4 Å². The first kappa shape index (κ1) is 18.2. The zero-order valence-corrected chi connectivity index (χ0v) is 15.7. The van der Waals surface area contributed by atoms with Crippen molar-refractivity contribution < 1.29 is 9.59 Å². The largest absolute Gasteiger partial charge is 0.352 e. The Bertz CT molecular complexity index is 819. The second-order valence-corrected chi connectivity index (χ2v) is 7.11. The molecule has 1 aliphatic rings. The summed E-state index contributed by atoms with van der Waals surface area (Å²) < 4.78 is 0. The van der Waals surface area contributed by atoms with E-state index in [9.17, 15) is 9.59 Å². The summed E-state index contributed by atoms with van der Waals surface area (Å²) in [5.74, 6) is -0.136. The molecule has 1 saturated heterocycles. The van der Waals surface area contributed by atoms with Crippen LogP contribution < -0.4 is 5.32 Å². The summed E-state index contributed by atoms with van der Waals surface area (Å²) in [7, 11) is 3.48. The molecule has 1 aromatic carbocycles. The zero-order chi connectivity index (χ0) is 18.7. The molecule has 3 rings (SSSR count). The summed E-state index contributed by atoms with van der Waals surface area (Å²) in [6.45, 7) is 3.73. The lowest BCUT2D eigenvalue weighted by molar-refractivity contribution is -0.126. The molecular formula is C20H26N4O2. The van der Waals surface area contributed by atoms with Gasteiger partial charge in [-0.25, -0.2) is 4.79 Å². The van der Waals surface area contributed by atoms with Crippen LogP contribution in [0.4, 0.5) is 4.79 Å². The monoisotopic (exact) mass is 354 g/mol. The SMILES string of the molecule is Cc1ccc2ncccc2c1CNC(=O)C1CCCN(C(=O)N(C)C)C1. The Balaban J connectivity index is 1.68. The lowest BCUT2D eigenvalue weighted by atomic mass is 9.96. The van der Waals surface area contributed by atoms with E-state index in [-0.39, 0.29) is 17.9 Å². The first-order valence-electron chi connectivity index (χ1n) is 9.04. The normalized spacial score (nSPS) is 17.2. The molecule has 1 aromatic heterocycles. The van der Waals surface area contributed by atoms with Gasteiger partial charge in [0.2, 0.25) is 5.91 Å². The van der Waals surface area contributed by atoms with Gasteiger partial charge in [-0.1, -0.05) is 12.1 Å². The molecule has 0 bridgehead atoms. The van der Waals surface area contributed by atoms with E-state index in [0.29, 0.717) is 13.1 Å². The van der Waals surface area contributed by atoms with Crippen molar-refractivity contribution in [2.75, 3.05) is 27.2 Å². The van der Waals surface area contributed by atoms with E-state index >= 15 is 0 Å². The topological polar surface area (TPSA) is 65.5 Å². The fourth-order valence-electron chi connectivity index (χ4n) is 3.52. The zero-order valence-electron chi connectivity index (χ0n) is 15.7. The van der Waals surface area contributed by atoms with Crippen molar-refractivity contribution in [3.63, 3.8) is 0 Å². The highest BCUT2D eigenvalue weighted by atomic mass is 16.2. The lowest BCUT2D eigenvalue weighted by Gasteiger charge is -2.33. The molecule has 1 unspecified atom stereocenters. The van der Waals surface area contributed by atoms with Gasteiger partial charge < -0.3 is 15.1 Å². The fraction of sp³-hybridized carbons (Fsp3) is 0.450. The summed E-state index contributed by atoms with van der Waals surface area (Å²) in [5.41, 5.74) is 3.17. The van der Waals surface area contributed by atoms with Gasteiger partial charge >= 0.3 is 6.03 Å². The molecule has 6 nitrogen and oxygen atoms in total. The van der Waals surface area contributed by atoms with Gasteiger partial charge in [-0.2, -0.15) is 0 Å². The smallest absolute Gasteiger partial charge is 0.319 e. The van der Waals surface area contributed by atoms with Crippen LogP contribution in [-0.2, 0) is 11.3 Å². The van der Waals surface area contributed by atoms with Crippen molar-refractivity contribution in [2.45, 2.75) is 26.3 Å². The Morgan fingerprint density at radius 1 is 1.31 bits per heavy atom. The number of nitrogens with zero attached hydrogens (tertiary/aromatic N) is 3. The number of piperidine rings is 1. The minimum atomic E-state index is -0.152. The molecule has 1 atom stereocenters. The van der Waals surface area contributed by atoms with Crippen molar-refractivity contribution in [3.8, 4) is 0 Å². The molecule has 1 fully saturated rings. The molecular weight excluding hydrogens is 328 g/mol. The third-order valence-electron chi connectivity index (χ3n) is 5.02. The van der Waals surface area contributed by atoms with E-state index in [4.69, 9.17) is 0 Å². The summed E-state index contributed by atoms with van der Waals surface area (Å²) in [6, 6.07) is 7.96. The molecule has 0 radical (unpaired) electrons. The van der Waals surface area contributed by atoms with Crippen molar-refractivity contribution >= 4 is 22.8 Å². The molecule has 138 valence electrons. The average molecular weight is 354 g/mol. The number of likely N-dealkylation sites (tertiary alicyclic amines) is 1. The molecule has 0 aliphatic carbocycles. The van der Waals surface area contributed by atoms with Gasteiger partial charge in [0.05, 0.1) is 11.4 Å². The standard InChI is InChI=1S/C20H26N4O2/c1-14-8-9-18-16(7-4-10-21-18)17(14)12-22-19(25)15-6-5-11-24(13-15)20(26)23(2)3/h4,7-10,15H,5-6,11-13H2,1-3H3,(H,22,25). The minimum Gasteiger partial charge on any atom is -0.352 e. The third-order valence-corrected chi connectivity index (χ3v) is 5.02. The molecule has 2 heterocycles. The number of urea groups is 1. The van der Waals surface area contributed by atoms with Crippen LogP contribution in [0.25, 0.3) is 10.9 Å². The van der Waals surface area contributed by atoms with Gasteiger partial charge in [0.15, 0.2) is 0 Å². The van der Waals surface area contributed by atoms with Crippen LogP contribution in [0.15, 0.2) is 30.5 Å². The van der Waals surface area contributed by atoms with Crippen molar-refractivity contribution in [3.05, 3.63) is 41.6 Å². The van der Waals surface area contributed by atoms with Gasteiger partial charge in [-0.3, -0.25) is 9.78 Å². The number of fused-ring (bicyclic) bond motifs is 1. The number of nitrogens with one attached hydrogen (secondary N) is 1. The maximum Gasteiger partial charge on any atom is 0.319 e. The van der Waals surface area contributed by atoms with Crippen LogP contribution in [-0.4, -0.2) is 53.9 Å². The first-order chi connectivity index (χ1) is 12.5. The number of hydrogen-bond donors (Lipinski definition) is 1. The van der Waals surface area contributed by atoms with E-state index in [2.05, 4.69) is 10.3 Å². The minimum absolute atomic E-state index is 0.0153. The molecule has 0 saturated carbocycles. The number of hydrogen-bond acceptors (Lipinski definition) is 3. The summed E-state index contributed by atoms with van der Waals surface area (Å²) in [4.78, 5) is 32.5. The number of aryl methyl sites for hydroxylation is 1. The molecule has 6 heteroatoms. The number of carbonyl (C=O) groups excluding carboxylic acids is 2. The number of amides is 3. The Morgan fingerprint density at radius 3 is 2.88 bits per heavy atom. The predicted molar refractivity (Wildman–Crippen MR) is 102 cm³/mol. The highest BCUT2D eigenvalue weighted by molar-refractivity contribution is 5.85. The van der Waals surface area contributed by atoms with Crippen molar-refractivity contribution in [1.29, 1.82) is 0 Å². The second-order valence-electron chi connectivity index (χ2n) is 7.11. The second kappa shape index (κ2) is 7.72. The number of aromatic nitrogens is 1. The fourth-order valence-corrected chi connectivity index (χ4v) is 3.52. The Hall–Kier alpha value is -2.63. The van der Waals surface area contributed by atoms with Crippen molar-refractivity contribution in [2.24, 2.45) is 5.92 Å². The molecule has 26 heavy (non-hydrogen) atoms. The maximum atomic E-state index is 12.7. The van der Waals surface area contributed by atoms with Crippen LogP contribution in [0.1, 0.15) is 24.0 Å². The van der Waals surface area contributed by atoms with Crippen LogP contribution in [0.5, 0.6) is 0 Å². The van der Waals surface area contributed by atoms with Crippen molar-refractivity contribution in [1.82, 2.24) is 20.1 Å². The highest BCUT2D eigenvalue weighted by Gasteiger charge is 2.29. The summed E-state index contributed by atoms with van der Waals surface area (Å²) in [5, 5.41) is 4.14. The van der Waals surface area contributed by atoms with E-state index in [1.165, 1.54) is 0 Å². The average Bonchev–Trinajstić information content (AvgIpc) is 2.66. The molecule has 0 spiro atoms. The Kier molecular flexibility index (Phi) is 5.40. The predicted octanol–water partition coefficient (Wildman–Crippen LogP) is 2.55. The Labute approximate surface area is 154 Å². The molecule has 1 aliphatic heterocycles. The van der Waals surface area contributed by atoms with Crippen LogP contribution in [0.2, 0.25) is 0 Å². The summed E-state index contributed by atoms with van der Waals surface area (Å²) in [6.07, 6.45) is 3.45. The van der Waals surface area contributed by atoms with E-state index in [1.54, 1.807) is 30.1 Å². The van der Waals surface area contributed by atoms with Crippen LogP contribution >= 0.6 is 0 Å². The number of pyridine rings is 1. The molecule has 3 amide bonds. The first-order valence-corrected chi connectivity index (χ1v) is 9.04. The number of rotatable bonds is 3. The van der Waals surface area contributed by atoms with Gasteiger partial charge in [-0.05, 0) is 43.0 Å². The quantitative estimate of drug-likeness (QED) is 0.921. The van der Waals surface area contributed by atoms with Gasteiger partial charge in [0.1, 0.15) is 0 Å². The number of carbonyl (C=O) groups is 2. The number of benzene rings is 1. The van der Waals surface area contributed by atoms with Gasteiger partial charge in [0, 0.05) is 45.3 Å². The van der Waals surface area contributed by atoms with Gasteiger partial charge in [-0.15, -0.1) is 0 Å². The van der Waals surface area contributed by atoms with E-state index in [1.807, 2.05) is 31.2 Å². The summed E-state index contributed by atoms with van der Waals surface area (Å²) >= 11 is 0.